The molecule has 0 fully saturated rings. The monoisotopic (exact) mass is 449 g/mol. The largest absolute Gasteiger partial charge is 0.493 e. The Labute approximate surface area is 190 Å². The lowest BCUT2D eigenvalue weighted by Crippen LogP contribution is -2.23. The van der Waals surface area contributed by atoms with Crippen LogP contribution >= 0.6 is 12.2 Å². The van der Waals surface area contributed by atoms with Crippen LogP contribution in [0.5, 0.6) is 11.5 Å². The minimum absolute atomic E-state index is 0.246. The van der Waals surface area contributed by atoms with Crippen molar-refractivity contribution in [1.82, 2.24) is 5.43 Å². The number of anilines is 1. The normalized spacial score (nSPS) is 10.8. The molecule has 6 nitrogen and oxygen atoms in total. The minimum Gasteiger partial charge on any atom is -0.493 e. The summed E-state index contributed by atoms with van der Waals surface area (Å²) in [5, 5.41) is 7.19. The maximum absolute atomic E-state index is 12.9. The summed E-state index contributed by atoms with van der Waals surface area (Å²) in [6.45, 7) is 0. The Bertz CT molecular complexity index is 1130. The van der Waals surface area contributed by atoms with E-state index in [0.717, 1.165) is 5.56 Å². The van der Waals surface area contributed by atoms with Crippen molar-refractivity contribution in [2.45, 2.75) is 0 Å². The van der Waals surface area contributed by atoms with Gasteiger partial charge in [-0.3, -0.25) is 5.43 Å². The SMILES string of the molecule is COc1cc(/C=N/NC(=S)Nc2ccc(F)cc2)ccc1OC(=O)/C=C/c1ccccc1. The van der Waals surface area contributed by atoms with Crippen molar-refractivity contribution in [2.75, 3.05) is 12.4 Å². The van der Waals surface area contributed by atoms with Gasteiger partial charge in [-0.1, -0.05) is 30.3 Å². The molecule has 8 heteroatoms. The van der Waals surface area contributed by atoms with E-state index in [9.17, 15) is 9.18 Å². The van der Waals surface area contributed by atoms with Crippen LogP contribution in [0.4, 0.5) is 10.1 Å². The third-order valence-corrected chi connectivity index (χ3v) is 4.28. The summed E-state index contributed by atoms with van der Waals surface area (Å²) in [6, 6.07) is 20.2. The van der Waals surface area contributed by atoms with Crippen LogP contribution in [0.2, 0.25) is 0 Å². The van der Waals surface area contributed by atoms with Gasteiger partial charge >= 0.3 is 5.97 Å². The Morgan fingerprint density at radius 2 is 1.75 bits per heavy atom. The number of carbonyl (C=O) groups excluding carboxylic acids is 1. The molecular formula is C24H20FN3O3S. The Kier molecular flexibility index (Phi) is 8.05. The number of benzene rings is 3. The molecule has 3 rings (SSSR count). The average Bonchev–Trinajstić information content (AvgIpc) is 2.81. The lowest BCUT2D eigenvalue weighted by atomic mass is 10.2. The second-order valence-corrected chi connectivity index (χ2v) is 6.81. The highest BCUT2D eigenvalue weighted by atomic mass is 32.1. The summed E-state index contributed by atoms with van der Waals surface area (Å²) in [5.41, 5.74) is 4.89. The van der Waals surface area contributed by atoms with Gasteiger partial charge in [-0.05, 0) is 71.9 Å². The third kappa shape index (κ3) is 7.03. The third-order valence-electron chi connectivity index (χ3n) is 4.09. The van der Waals surface area contributed by atoms with E-state index in [1.165, 1.54) is 31.5 Å². The topological polar surface area (TPSA) is 71.9 Å². The number of rotatable bonds is 7. The first-order valence-electron chi connectivity index (χ1n) is 9.52. The molecule has 0 radical (unpaired) electrons. The zero-order valence-corrected chi connectivity index (χ0v) is 17.9. The van der Waals surface area contributed by atoms with Gasteiger partial charge < -0.3 is 14.8 Å². The van der Waals surface area contributed by atoms with Crippen LogP contribution in [0.15, 0.2) is 84.0 Å². The summed E-state index contributed by atoms with van der Waals surface area (Å²) >= 11 is 5.14. The number of thiocarbonyl (C=S) groups is 1. The fourth-order valence-electron chi connectivity index (χ4n) is 2.58. The maximum Gasteiger partial charge on any atom is 0.336 e. The molecule has 3 aromatic carbocycles. The standard InChI is InChI=1S/C24H20FN3O3S/c1-30-22-15-18(16-26-28-24(32)27-20-11-9-19(25)10-12-20)7-13-21(22)31-23(29)14-8-17-5-3-2-4-6-17/h2-16H,1H3,(H2,27,28,32)/b14-8+,26-16+. The van der Waals surface area contributed by atoms with Gasteiger partial charge in [0.05, 0.1) is 13.3 Å². The second kappa shape index (κ2) is 11.4. The highest BCUT2D eigenvalue weighted by Gasteiger charge is 2.09. The van der Waals surface area contributed by atoms with Gasteiger partial charge in [0.2, 0.25) is 0 Å². The number of carbonyl (C=O) groups is 1. The smallest absolute Gasteiger partial charge is 0.336 e. The molecule has 3 aromatic rings. The van der Waals surface area contributed by atoms with E-state index in [2.05, 4.69) is 15.8 Å². The Hall–Kier alpha value is -4.04. The highest BCUT2D eigenvalue weighted by molar-refractivity contribution is 7.80. The number of ether oxygens (including phenoxy) is 2. The first-order valence-corrected chi connectivity index (χ1v) is 9.93. The molecule has 32 heavy (non-hydrogen) atoms. The summed E-state index contributed by atoms with van der Waals surface area (Å²) in [7, 11) is 1.48. The van der Waals surface area contributed by atoms with Crippen molar-refractivity contribution in [1.29, 1.82) is 0 Å². The van der Waals surface area contributed by atoms with Crippen LogP contribution in [0.1, 0.15) is 11.1 Å². The number of nitrogens with zero attached hydrogens (tertiary/aromatic N) is 1. The van der Waals surface area contributed by atoms with Gasteiger partial charge in [0, 0.05) is 11.8 Å². The zero-order valence-electron chi connectivity index (χ0n) is 17.1. The summed E-state index contributed by atoms with van der Waals surface area (Å²) in [4.78, 5) is 12.1. The lowest BCUT2D eigenvalue weighted by Gasteiger charge is -2.09. The van der Waals surface area contributed by atoms with E-state index in [-0.39, 0.29) is 16.7 Å². The summed E-state index contributed by atoms with van der Waals surface area (Å²) < 4.78 is 23.6. The van der Waals surface area contributed by atoms with Gasteiger partial charge in [-0.2, -0.15) is 5.10 Å². The number of halogens is 1. The molecule has 0 unspecified atom stereocenters. The first kappa shape index (κ1) is 22.6. The van der Waals surface area contributed by atoms with Crippen LogP contribution in [0.25, 0.3) is 6.08 Å². The van der Waals surface area contributed by atoms with Gasteiger partial charge in [0.1, 0.15) is 5.82 Å². The van der Waals surface area contributed by atoms with E-state index >= 15 is 0 Å². The quantitative estimate of drug-likeness (QED) is 0.135. The molecule has 162 valence electrons. The molecular weight excluding hydrogens is 429 g/mol. The Morgan fingerprint density at radius 3 is 2.47 bits per heavy atom. The molecule has 0 aliphatic carbocycles. The van der Waals surface area contributed by atoms with Crippen LogP contribution < -0.4 is 20.2 Å². The molecule has 0 spiro atoms. The van der Waals surface area contributed by atoms with E-state index in [1.54, 1.807) is 36.4 Å². The number of nitrogens with one attached hydrogen (secondary N) is 2. The van der Waals surface area contributed by atoms with Crippen LogP contribution in [-0.4, -0.2) is 24.4 Å². The van der Waals surface area contributed by atoms with Gasteiger partial charge in [0.25, 0.3) is 0 Å². The second-order valence-electron chi connectivity index (χ2n) is 6.41. The molecule has 0 saturated heterocycles. The van der Waals surface area contributed by atoms with Crippen LogP contribution in [-0.2, 0) is 4.79 Å². The Morgan fingerprint density at radius 1 is 1.00 bits per heavy atom. The fourth-order valence-corrected chi connectivity index (χ4v) is 2.75. The molecule has 2 N–H and O–H groups in total. The molecule has 0 aliphatic rings. The van der Waals surface area contributed by atoms with Crippen LogP contribution in [0.3, 0.4) is 0 Å². The number of methoxy groups -OCH3 is 1. The lowest BCUT2D eigenvalue weighted by molar-refractivity contribution is -0.129. The molecule has 0 aliphatic heterocycles. The van der Waals surface area contributed by atoms with E-state index < -0.39 is 5.97 Å². The van der Waals surface area contributed by atoms with Crippen LogP contribution in [0, 0.1) is 5.82 Å². The average molecular weight is 450 g/mol. The summed E-state index contributed by atoms with van der Waals surface area (Å²) in [6.07, 6.45) is 4.55. The van der Waals surface area contributed by atoms with Gasteiger partial charge in [0.15, 0.2) is 16.6 Å². The minimum atomic E-state index is -0.521. The zero-order chi connectivity index (χ0) is 22.8. The van der Waals surface area contributed by atoms with Gasteiger partial charge in [-0.25, -0.2) is 9.18 Å². The molecule has 0 saturated carbocycles. The fraction of sp³-hybridized carbons (Fsp3) is 0.0417. The highest BCUT2D eigenvalue weighted by Crippen LogP contribution is 2.27. The number of hydrogen-bond acceptors (Lipinski definition) is 5. The van der Waals surface area contributed by atoms with E-state index in [0.29, 0.717) is 17.0 Å². The van der Waals surface area contributed by atoms with E-state index in [4.69, 9.17) is 21.7 Å². The first-order chi connectivity index (χ1) is 15.5. The number of esters is 1. The van der Waals surface area contributed by atoms with Crippen molar-refractivity contribution >= 4 is 41.3 Å². The molecule has 0 amide bonds. The predicted molar refractivity (Wildman–Crippen MR) is 127 cm³/mol. The van der Waals surface area contributed by atoms with Gasteiger partial charge in [-0.15, -0.1) is 0 Å². The van der Waals surface area contributed by atoms with Crippen molar-refractivity contribution in [3.05, 3.63) is 95.8 Å². The van der Waals surface area contributed by atoms with Crippen molar-refractivity contribution in [3.63, 3.8) is 0 Å². The van der Waals surface area contributed by atoms with Crippen molar-refractivity contribution in [2.24, 2.45) is 5.10 Å². The van der Waals surface area contributed by atoms with Crippen molar-refractivity contribution in [3.8, 4) is 11.5 Å². The molecule has 0 atom stereocenters. The van der Waals surface area contributed by atoms with E-state index in [1.807, 2.05) is 30.3 Å². The molecule has 0 aromatic heterocycles. The number of hydrazone groups is 1. The summed E-state index contributed by atoms with van der Waals surface area (Å²) in [5.74, 6) is -0.188. The maximum atomic E-state index is 12.9. The molecule has 0 heterocycles. The predicted octanol–water partition coefficient (Wildman–Crippen LogP) is 4.77. The van der Waals surface area contributed by atoms with Crippen molar-refractivity contribution < 1.29 is 18.7 Å². The molecule has 0 bridgehead atoms. The Balaban J connectivity index is 1.57. The number of hydrogen-bond donors (Lipinski definition) is 2.